The summed E-state index contributed by atoms with van der Waals surface area (Å²) in [4.78, 5) is 4.23. The maximum Gasteiger partial charge on any atom is 0.277 e. The van der Waals surface area contributed by atoms with Crippen molar-refractivity contribution < 1.29 is 22.6 Å². The summed E-state index contributed by atoms with van der Waals surface area (Å²) in [5.74, 6) is 0. The summed E-state index contributed by atoms with van der Waals surface area (Å²) in [7, 11) is -3.83. The van der Waals surface area contributed by atoms with Gasteiger partial charge in [0.1, 0.15) is 0 Å². The van der Waals surface area contributed by atoms with Crippen molar-refractivity contribution in [3.63, 3.8) is 0 Å². The first-order valence-corrected chi connectivity index (χ1v) is 11.8. The zero-order valence-electron chi connectivity index (χ0n) is 18.5. The monoisotopic (exact) mass is 476 g/mol. The number of azide groups is 1. The van der Waals surface area contributed by atoms with E-state index in [1.807, 2.05) is 19.1 Å². The van der Waals surface area contributed by atoms with Gasteiger partial charge in [0.15, 0.2) is 5.03 Å². The van der Waals surface area contributed by atoms with E-state index in [4.69, 9.17) is 19.7 Å². The molecule has 0 saturated heterocycles. The van der Waals surface area contributed by atoms with Crippen molar-refractivity contribution in [3.8, 4) is 6.07 Å². The average Bonchev–Trinajstić information content (AvgIpc) is 2.81. The van der Waals surface area contributed by atoms with E-state index in [0.717, 1.165) is 5.56 Å². The molecule has 1 aromatic carbocycles. The second kappa shape index (κ2) is 14.2. The number of aryl methyl sites for hydroxylation is 1. The number of hydrogen-bond acceptors (Lipinski definition) is 8. The first-order valence-electron chi connectivity index (χ1n) is 10.4. The van der Waals surface area contributed by atoms with Gasteiger partial charge in [-0.1, -0.05) is 22.8 Å². The number of nitriles is 1. The highest BCUT2D eigenvalue weighted by molar-refractivity contribution is 7.96. The van der Waals surface area contributed by atoms with Crippen LogP contribution < -0.4 is 4.72 Å². The Morgan fingerprint density at radius 2 is 1.73 bits per heavy atom. The normalized spacial score (nSPS) is 13.5. The Balaban J connectivity index is 1.77. The molecule has 1 heterocycles. The predicted octanol–water partition coefficient (Wildman–Crippen LogP) is 2.70. The lowest BCUT2D eigenvalue weighted by Crippen LogP contribution is -2.36. The van der Waals surface area contributed by atoms with Gasteiger partial charge in [-0.3, -0.25) is 4.72 Å². The second-order valence-corrected chi connectivity index (χ2v) is 8.62. The third kappa shape index (κ3) is 9.53. The van der Waals surface area contributed by atoms with Crippen LogP contribution in [0.5, 0.6) is 0 Å². The van der Waals surface area contributed by atoms with Crippen molar-refractivity contribution in [2.45, 2.75) is 6.92 Å². The van der Waals surface area contributed by atoms with Gasteiger partial charge in [-0.05, 0) is 36.7 Å². The first kappa shape index (κ1) is 26.2. The van der Waals surface area contributed by atoms with Gasteiger partial charge in [0.2, 0.25) is 0 Å². The van der Waals surface area contributed by atoms with Crippen molar-refractivity contribution >= 4 is 15.7 Å². The Bertz CT molecular complexity index is 1010. The van der Waals surface area contributed by atoms with Crippen molar-refractivity contribution in [1.29, 1.82) is 5.26 Å². The molecule has 33 heavy (non-hydrogen) atoms. The lowest BCUT2D eigenvalue weighted by molar-refractivity contribution is 0.0137. The molecule has 1 aromatic rings. The summed E-state index contributed by atoms with van der Waals surface area (Å²) in [5.41, 5.74) is 10.1. The molecule has 1 aliphatic rings. The summed E-state index contributed by atoms with van der Waals surface area (Å²) in [6.45, 7) is 4.76. The van der Waals surface area contributed by atoms with Crippen LogP contribution in [0.4, 0.5) is 5.69 Å². The lowest BCUT2D eigenvalue weighted by atomic mass is 10.2. The van der Waals surface area contributed by atoms with Gasteiger partial charge >= 0.3 is 0 Å². The summed E-state index contributed by atoms with van der Waals surface area (Å²) in [6, 6.07) is 9.12. The zero-order valence-corrected chi connectivity index (χ0v) is 19.3. The minimum atomic E-state index is -3.83. The number of rotatable bonds is 15. The smallest absolute Gasteiger partial charge is 0.277 e. The van der Waals surface area contributed by atoms with Crippen molar-refractivity contribution in [1.82, 2.24) is 4.90 Å². The number of nitrogens with one attached hydrogen (secondary N) is 1. The maximum absolute atomic E-state index is 12.9. The number of hydrogen-bond donors (Lipinski definition) is 1. The van der Waals surface area contributed by atoms with Gasteiger partial charge in [0, 0.05) is 29.3 Å². The molecule has 0 aromatic heterocycles. The first-order chi connectivity index (χ1) is 16.0. The van der Waals surface area contributed by atoms with E-state index in [1.54, 1.807) is 17.0 Å². The Hall–Kier alpha value is -3.07. The molecule has 0 radical (unpaired) electrons. The number of allylic oxidation sites excluding steroid dienone is 2. The van der Waals surface area contributed by atoms with Crippen molar-refractivity contribution in [2.24, 2.45) is 5.11 Å². The Morgan fingerprint density at radius 3 is 2.36 bits per heavy atom. The van der Waals surface area contributed by atoms with Gasteiger partial charge in [-0.2, -0.15) is 13.7 Å². The zero-order chi connectivity index (χ0) is 23.9. The highest BCUT2D eigenvalue weighted by atomic mass is 32.2. The molecule has 0 amide bonds. The van der Waals surface area contributed by atoms with Crippen LogP contribution in [0, 0.1) is 18.3 Å². The third-order valence-corrected chi connectivity index (χ3v) is 5.92. The summed E-state index contributed by atoms with van der Waals surface area (Å²) >= 11 is 0. The molecule has 11 nitrogen and oxygen atoms in total. The van der Waals surface area contributed by atoms with E-state index in [1.165, 1.54) is 12.2 Å². The molecule has 12 heteroatoms. The van der Waals surface area contributed by atoms with E-state index in [9.17, 15) is 13.7 Å². The Morgan fingerprint density at radius 1 is 1.09 bits per heavy atom. The third-order valence-electron chi connectivity index (χ3n) is 4.47. The quantitative estimate of drug-likeness (QED) is 0.177. The summed E-state index contributed by atoms with van der Waals surface area (Å²) in [6.07, 6.45) is 2.95. The highest BCUT2D eigenvalue weighted by Gasteiger charge is 2.26. The molecule has 0 unspecified atom stereocenters. The van der Waals surface area contributed by atoms with Crippen LogP contribution in [-0.2, 0) is 24.2 Å². The summed E-state index contributed by atoms with van der Waals surface area (Å²) < 4.78 is 44.6. The average molecular weight is 477 g/mol. The molecule has 178 valence electrons. The number of anilines is 1. The standard InChI is InChI=1S/C21H28N6O5S/c1-18-2-5-20(6-3-18)25-33(28,29)21-7-4-19(16-22)17-27(21)9-11-31-13-15-32-14-12-30-10-8-24-26-23/h2-7,25H,8-15,17H2,1H3. The summed E-state index contributed by atoms with van der Waals surface area (Å²) in [5, 5.41) is 12.7. The van der Waals surface area contributed by atoms with E-state index in [-0.39, 0.29) is 24.7 Å². The number of ether oxygens (including phenoxy) is 3. The van der Waals surface area contributed by atoms with Crippen LogP contribution in [-0.4, -0.2) is 72.6 Å². The molecule has 0 aliphatic carbocycles. The van der Waals surface area contributed by atoms with Crippen LogP contribution >= 0.6 is 0 Å². The number of sulfonamides is 1. The van der Waals surface area contributed by atoms with Crippen molar-refractivity contribution in [3.05, 3.63) is 63.0 Å². The molecule has 0 saturated carbocycles. The van der Waals surface area contributed by atoms with Crippen LogP contribution in [0.3, 0.4) is 0 Å². The van der Waals surface area contributed by atoms with Crippen LogP contribution in [0.25, 0.3) is 10.4 Å². The lowest BCUT2D eigenvalue weighted by Gasteiger charge is -2.29. The van der Waals surface area contributed by atoms with Crippen LogP contribution in [0.15, 0.2) is 52.1 Å². The number of nitrogens with zero attached hydrogens (tertiary/aromatic N) is 5. The van der Waals surface area contributed by atoms with Gasteiger partial charge in [-0.15, -0.1) is 0 Å². The SMILES string of the molecule is Cc1ccc(NS(=O)(=O)C2=CC=C(C#N)CN2CCOCCOCCOCCN=[N+]=[N-])cc1. The highest BCUT2D eigenvalue weighted by Crippen LogP contribution is 2.22. The van der Waals surface area contributed by atoms with Gasteiger partial charge in [-0.25, -0.2) is 0 Å². The fourth-order valence-corrected chi connectivity index (χ4v) is 4.12. The van der Waals surface area contributed by atoms with E-state index < -0.39 is 10.0 Å². The molecular formula is C21H28N6O5S. The Kier molecular flexibility index (Phi) is 11.2. The van der Waals surface area contributed by atoms with Crippen LogP contribution in [0.1, 0.15) is 5.56 Å². The largest absolute Gasteiger partial charge is 0.379 e. The minimum absolute atomic E-state index is 0.0832. The van der Waals surface area contributed by atoms with Gasteiger partial charge in [0.05, 0.1) is 52.3 Å². The predicted molar refractivity (Wildman–Crippen MR) is 124 cm³/mol. The van der Waals surface area contributed by atoms with Crippen molar-refractivity contribution in [2.75, 3.05) is 64.0 Å². The Labute approximate surface area is 193 Å². The molecule has 1 aliphatic heterocycles. The fraction of sp³-hybridized carbons (Fsp3) is 0.476. The molecule has 1 N–H and O–H groups in total. The molecule has 0 atom stereocenters. The van der Waals surface area contributed by atoms with Gasteiger partial charge < -0.3 is 19.1 Å². The molecule has 0 bridgehead atoms. The number of benzene rings is 1. The van der Waals surface area contributed by atoms with E-state index in [2.05, 4.69) is 20.8 Å². The minimum Gasteiger partial charge on any atom is -0.379 e. The van der Waals surface area contributed by atoms with E-state index >= 15 is 0 Å². The topological polar surface area (TPSA) is 150 Å². The van der Waals surface area contributed by atoms with Crippen LogP contribution in [0.2, 0.25) is 0 Å². The molecular weight excluding hydrogens is 448 g/mol. The second-order valence-electron chi connectivity index (χ2n) is 6.99. The molecule has 0 fully saturated rings. The van der Waals surface area contributed by atoms with Gasteiger partial charge in [0.25, 0.3) is 10.0 Å². The molecule has 0 spiro atoms. The molecule has 2 rings (SSSR count). The maximum atomic E-state index is 12.9. The fourth-order valence-electron chi connectivity index (χ4n) is 2.83. The van der Waals surface area contributed by atoms with E-state index in [0.29, 0.717) is 50.8 Å².